The van der Waals surface area contributed by atoms with Gasteiger partial charge < -0.3 is 15.5 Å². The van der Waals surface area contributed by atoms with E-state index in [9.17, 15) is 9.90 Å². The van der Waals surface area contributed by atoms with Gasteiger partial charge in [-0.15, -0.1) is 0 Å². The van der Waals surface area contributed by atoms with Crippen molar-refractivity contribution in [1.82, 2.24) is 5.32 Å². The van der Waals surface area contributed by atoms with E-state index in [-0.39, 0.29) is 24.0 Å². The standard InChI is InChI=1S/C9H12N2O3/c1-10-8(13)4-6-11-5-2-3-7(12)9(11)14/h2-3,5H,4,6H2,1H3,(H2,10,12,13)/p+1. The van der Waals surface area contributed by atoms with Crippen LogP contribution in [0.3, 0.4) is 0 Å². The minimum atomic E-state index is -0.226. The van der Waals surface area contributed by atoms with Gasteiger partial charge in [-0.3, -0.25) is 4.79 Å². The van der Waals surface area contributed by atoms with E-state index >= 15 is 0 Å². The lowest BCUT2D eigenvalue weighted by Gasteiger charge is -1.99. The molecule has 0 aliphatic heterocycles. The number of carbonyl (C=O) groups excluding carboxylic acids is 1. The van der Waals surface area contributed by atoms with Gasteiger partial charge in [-0.1, -0.05) is 0 Å². The Kier molecular flexibility index (Phi) is 3.28. The van der Waals surface area contributed by atoms with E-state index in [4.69, 9.17) is 5.11 Å². The average Bonchev–Trinajstić information content (AvgIpc) is 2.20. The second-order valence-electron chi connectivity index (χ2n) is 2.83. The van der Waals surface area contributed by atoms with Gasteiger partial charge in [0, 0.05) is 13.1 Å². The van der Waals surface area contributed by atoms with Crippen LogP contribution in [-0.2, 0) is 11.3 Å². The highest BCUT2D eigenvalue weighted by Crippen LogP contribution is 2.17. The fraction of sp³-hybridized carbons (Fsp3) is 0.333. The van der Waals surface area contributed by atoms with Gasteiger partial charge in [0.25, 0.3) is 0 Å². The summed E-state index contributed by atoms with van der Waals surface area (Å²) in [5, 5.41) is 21.0. The molecule has 1 amide bonds. The molecule has 0 aliphatic rings. The van der Waals surface area contributed by atoms with Gasteiger partial charge in [0.1, 0.15) is 0 Å². The lowest BCUT2D eigenvalue weighted by molar-refractivity contribution is -0.701. The van der Waals surface area contributed by atoms with Crippen LogP contribution in [0.25, 0.3) is 0 Å². The average molecular weight is 197 g/mol. The number of carbonyl (C=O) groups is 1. The van der Waals surface area contributed by atoms with E-state index in [1.165, 1.54) is 10.6 Å². The van der Waals surface area contributed by atoms with Crippen LogP contribution in [0.4, 0.5) is 0 Å². The molecule has 1 aromatic rings. The van der Waals surface area contributed by atoms with Gasteiger partial charge in [0.15, 0.2) is 12.7 Å². The Balaban J connectivity index is 2.68. The summed E-state index contributed by atoms with van der Waals surface area (Å²) in [5.41, 5.74) is 0. The first kappa shape index (κ1) is 10.3. The number of pyridine rings is 1. The van der Waals surface area contributed by atoms with Crippen LogP contribution < -0.4 is 9.88 Å². The summed E-state index contributed by atoms with van der Waals surface area (Å²) in [5.74, 6) is -0.527. The van der Waals surface area contributed by atoms with Crippen molar-refractivity contribution < 1.29 is 19.6 Å². The summed E-state index contributed by atoms with van der Waals surface area (Å²) in [6.45, 7) is 0.333. The SMILES string of the molecule is CNC(=O)CC[n+]1cccc(O)c1O. The van der Waals surface area contributed by atoms with Crippen molar-refractivity contribution >= 4 is 5.91 Å². The fourth-order valence-corrected chi connectivity index (χ4v) is 1.06. The quantitative estimate of drug-likeness (QED) is 0.573. The van der Waals surface area contributed by atoms with Crippen molar-refractivity contribution in [2.45, 2.75) is 13.0 Å². The molecule has 0 unspecified atom stereocenters. The van der Waals surface area contributed by atoms with Crippen LogP contribution >= 0.6 is 0 Å². The first-order valence-electron chi connectivity index (χ1n) is 4.26. The van der Waals surface area contributed by atoms with Crippen LogP contribution in [0.15, 0.2) is 18.3 Å². The summed E-state index contributed by atoms with van der Waals surface area (Å²) in [6.07, 6.45) is 1.86. The zero-order chi connectivity index (χ0) is 10.6. The predicted octanol–water partition coefficient (Wildman–Crippen LogP) is -0.479. The molecule has 0 aromatic carbocycles. The number of rotatable bonds is 3. The van der Waals surface area contributed by atoms with E-state index < -0.39 is 0 Å². The largest absolute Gasteiger partial charge is 0.500 e. The molecular weight excluding hydrogens is 184 g/mol. The molecule has 1 rings (SSSR count). The Labute approximate surface area is 81.6 Å². The number of hydrogen-bond donors (Lipinski definition) is 3. The second kappa shape index (κ2) is 4.45. The zero-order valence-corrected chi connectivity index (χ0v) is 7.90. The predicted molar refractivity (Wildman–Crippen MR) is 48.7 cm³/mol. The molecule has 5 heteroatoms. The molecule has 5 nitrogen and oxygen atoms in total. The third-order valence-electron chi connectivity index (χ3n) is 1.88. The molecular formula is C9H13N2O3+. The van der Waals surface area contributed by atoms with Crippen LogP contribution in [0.5, 0.6) is 11.6 Å². The van der Waals surface area contributed by atoms with Crippen molar-refractivity contribution in [1.29, 1.82) is 0 Å². The van der Waals surface area contributed by atoms with Gasteiger partial charge >= 0.3 is 5.88 Å². The van der Waals surface area contributed by atoms with Gasteiger partial charge in [-0.25, -0.2) is 0 Å². The zero-order valence-electron chi connectivity index (χ0n) is 7.90. The molecule has 1 aromatic heterocycles. The normalized spacial score (nSPS) is 9.79. The maximum atomic E-state index is 10.9. The molecule has 3 N–H and O–H groups in total. The second-order valence-corrected chi connectivity index (χ2v) is 2.83. The Morgan fingerprint density at radius 2 is 2.29 bits per heavy atom. The monoisotopic (exact) mass is 197 g/mol. The summed E-state index contributed by atoms with van der Waals surface area (Å²) in [7, 11) is 1.55. The number of aromatic nitrogens is 1. The van der Waals surface area contributed by atoms with E-state index in [0.717, 1.165) is 0 Å². The summed E-state index contributed by atoms with van der Waals surface area (Å²) < 4.78 is 1.41. The molecule has 0 spiro atoms. The van der Waals surface area contributed by atoms with Crippen LogP contribution in [0, 0.1) is 0 Å². The van der Waals surface area contributed by atoms with Crippen LogP contribution in [-0.4, -0.2) is 23.2 Å². The van der Waals surface area contributed by atoms with E-state index in [0.29, 0.717) is 6.54 Å². The van der Waals surface area contributed by atoms with Gasteiger partial charge in [0.2, 0.25) is 11.7 Å². The summed E-state index contributed by atoms with van der Waals surface area (Å²) >= 11 is 0. The first-order chi connectivity index (χ1) is 6.65. The van der Waals surface area contributed by atoms with E-state index in [1.54, 1.807) is 19.3 Å². The summed E-state index contributed by atoms with van der Waals surface area (Å²) in [4.78, 5) is 10.9. The molecule has 0 fully saturated rings. The number of hydrogen-bond acceptors (Lipinski definition) is 3. The highest BCUT2D eigenvalue weighted by molar-refractivity contribution is 5.75. The smallest absolute Gasteiger partial charge is 0.408 e. The lowest BCUT2D eigenvalue weighted by Crippen LogP contribution is -2.36. The van der Waals surface area contributed by atoms with Crippen LogP contribution in [0.2, 0.25) is 0 Å². The minimum Gasteiger partial charge on any atom is -0.500 e. The number of aromatic hydroxyl groups is 2. The molecule has 76 valence electrons. The van der Waals surface area contributed by atoms with Crippen molar-refractivity contribution in [3.05, 3.63) is 18.3 Å². The van der Waals surface area contributed by atoms with Gasteiger partial charge in [0.05, 0.1) is 6.42 Å². The molecule has 14 heavy (non-hydrogen) atoms. The van der Waals surface area contributed by atoms with Crippen molar-refractivity contribution in [3.8, 4) is 11.6 Å². The molecule has 0 bridgehead atoms. The molecule has 0 saturated carbocycles. The van der Waals surface area contributed by atoms with E-state index in [1.807, 2.05) is 0 Å². The topological polar surface area (TPSA) is 73.4 Å². The first-order valence-corrected chi connectivity index (χ1v) is 4.26. The number of nitrogens with one attached hydrogen (secondary N) is 1. The molecule has 1 heterocycles. The maximum absolute atomic E-state index is 10.9. The highest BCUT2D eigenvalue weighted by atomic mass is 16.3. The molecule has 0 aliphatic carbocycles. The number of amides is 1. The van der Waals surface area contributed by atoms with Crippen LogP contribution in [0.1, 0.15) is 6.42 Å². The fourth-order valence-electron chi connectivity index (χ4n) is 1.06. The summed E-state index contributed by atoms with van der Waals surface area (Å²) in [6, 6.07) is 2.98. The molecule has 0 radical (unpaired) electrons. The number of aryl methyl sites for hydroxylation is 1. The third-order valence-corrected chi connectivity index (χ3v) is 1.88. The Bertz CT molecular complexity index is 339. The Morgan fingerprint density at radius 3 is 2.93 bits per heavy atom. The maximum Gasteiger partial charge on any atom is 0.408 e. The van der Waals surface area contributed by atoms with Gasteiger partial charge in [-0.05, 0) is 6.07 Å². The molecule has 0 atom stereocenters. The van der Waals surface area contributed by atoms with Crippen molar-refractivity contribution in [2.24, 2.45) is 0 Å². The number of nitrogens with zero attached hydrogens (tertiary/aromatic N) is 1. The van der Waals surface area contributed by atoms with E-state index in [2.05, 4.69) is 5.32 Å². The third kappa shape index (κ3) is 2.35. The van der Waals surface area contributed by atoms with Crippen molar-refractivity contribution in [2.75, 3.05) is 7.05 Å². The minimum absolute atomic E-state index is 0.111. The Hall–Kier alpha value is -1.78. The lowest BCUT2D eigenvalue weighted by atomic mass is 10.3. The van der Waals surface area contributed by atoms with Gasteiger partial charge in [-0.2, -0.15) is 4.57 Å². The molecule has 0 saturated heterocycles. The van der Waals surface area contributed by atoms with Crippen molar-refractivity contribution in [3.63, 3.8) is 0 Å². The highest BCUT2D eigenvalue weighted by Gasteiger charge is 2.14. The Morgan fingerprint density at radius 1 is 1.57 bits per heavy atom.